The first kappa shape index (κ1) is 14.0. The molecule has 20 heavy (non-hydrogen) atoms. The summed E-state index contributed by atoms with van der Waals surface area (Å²) in [6.07, 6.45) is 0.258. The Hall–Kier alpha value is -2.41. The van der Waals surface area contributed by atoms with Gasteiger partial charge in [0.1, 0.15) is 0 Å². The number of anilines is 1. The molecule has 7 nitrogen and oxygen atoms in total. The average molecular weight is 276 g/mol. The monoisotopic (exact) mass is 276 g/mol. The van der Waals surface area contributed by atoms with E-state index in [0.717, 1.165) is 0 Å². The van der Waals surface area contributed by atoms with Crippen molar-refractivity contribution in [2.45, 2.75) is 13.3 Å². The summed E-state index contributed by atoms with van der Waals surface area (Å²) in [6, 6.07) is 4.72. The molecule has 1 atom stereocenters. The van der Waals surface area contributed by atoms with Gasteiger partial charge in [0.15, 0.2) is 0 Å². The molecule has 0 fully saturated rings. The van der Waals surface area contributed by atoms with Gasteiger partial charge in [0.25, 0.3) is 11.1 Å². The molecule has 0 spiro atoms. The van der Waals surface area contributed by atoms with Crippen LogP contribution in [0.25, 0.3) is 10.8 Å². The molecule has 1 heterocycles. The van der Waals surface area contributed by atoms with Crippen molar-refractivity contribution < 1.29 is 4.79 Å². The number of carbonyl (C=O) groups excluding carboxylic acids is 1. The van der Waals surface area contributed by atoms with Crippen molar-refractivity contribution in [2.24, 2.45) is 11.7 Å². The zero-order valence-corrected chi connectivity index (χ0v) is 11.0. The lowest BCUT2D eigenvalue weighted by Crippen LogP contribution is -2.23. The minimum atomic E-state index is -0.456. The minimum Gasteiger partial charge on any atom is -0.330 e. The highest BCUT2D eigenvalue weighted by Gasteiger charge is 2.12. The number of amides is 1. The smallest absolute Gasteiger partial charge is 0.272 e. The third-order valence-electron chi connectivity index (χ3n) is 3.04. The van der Waals surface area contributed by atoms with Crippen molar-refractivity contribution in [3.05, 3.63) is 38.9 Å². The molecule has 1 unspecified atom stereocenters. The van der Waals surface area contributed by atoms with E-state index in [0.29, 0.717) is 12.2 Å². The maximum Gasteiger partial charge on any atom is 0.272 e. The van der Waals surface area contributed by atoms with Crippen LogP contribution in [-0.2, 0) is 4.79 Å². The van der Waals surface area contributed by atoms with Gasteiger partial charge in [-0.05, 0) is 24.6 Å². The van der Waals surface area contributed by atoms with E-state index in [4.69, 9.17) is 5.73 Å². The first-order valence-corrected chi connectivity index (χ1v) is 6.26. The second kappa shape index (κ2) is 5.70. The number of fused-ring (bicyclic) bond motifs is 1. The lowest BCUT2D eigenvalue weighted by molar-refractivity contribution is -0.116. The maximum atomic E-state index is 11.9. The van der Waals surface area contributed by atoms with Crippen LogP contribution in [0.1, 0.15) is 13.3 Å². The molecule has 1 amide bonds. The fourth-order valence-corrected chi connectivity index (χ4v) is 1.93. The Bertz CT molecular complexity index is 747. The number of aromatic amines is 2. The van der Waals surface area contributed by atoms with E-state index in [1.54, 1.807) is 12.1 Å². The van der Waals surface area contributed by atoms with Crippen LogP contribution in [0.4, 0.5) is 5.69 Å². The Kier molecular flexibility index (Phi) is 3.99. The van der Waals surface area contributed by atoms with E-state index in [1.165, 1.54) is 6.07 Å². The summed E-state index contributed by atoms with van der Waals surface area (Å²) in [4.78, 5) is 35.3. The van der Waals surface area contributed by atoms with Gasteiger partial charge < -0.3 is 11.1 Å². The van der Waals surface area contributed by atoms with Gasteiger partial charge in [-0.25, -0.2) is 0 Å². The number of benzene rings is 1. The molecule has 0 saturated carbocycles. The molecule has 2 aromatic rings. The van der Waals surface area contributed by atoms with Crippen molar-refractivity contribution in [1.29, 1.82) is 0 Å². The van der Waals surface area contributed by atoms with Gasteiger partial charge in [-0.3, -0.25) is 24.6 Å². The predicted octanol–water partition coefficient (Wildman–Crippen LogP) is 0.140. The zero-order chi connectivity index (χ0) is 14.7. The fourth-order valence-electron chi connectivity index (χ4n) is 1.93. The second-order valence-electron chi connectivity index (χ2n) is 4.73. The number of carbonyl (C=O) groups is 1. The number of hydrogen-bond acceptors (Lipinski definition) is 4. The van der Waals surface area contributed by atoms with Gasteiger partial charge in [0, 0.05) is 6.42 Å². The molecule has 7 heteroatoms. The lowest BCUT2D eigenvalue weighted by Gasteiger charge is -2.10. The van der Waals surface area contributed by atoms with Crippen LogP contribution >= 0.6 is 0 Å². The van der Waals surface area contributed by atoms with Gasteiger partial charge in [-0.2, -0.15) is 0 Å². The van der Waals surface area contributed by atoms with Crippen molar-refractivity contribution in [1.82, 2.24) is 10.2 Å². The average Bonchev–Trinajstić information content (AvgIpc) is 2.42. The van der Waals surface area contributed by atoms with E-state index >= 15 is 0 Å². The topological polar surface area (TPSA) is 121 Å². The molecule has 106 valence electrons. The summed E-state index contributed by atoms with van der Waals surface area (Å²) in [7, 11) is 0. The summed E-state index contributed by atoms with van der Waals surface area (Å²) >= 11 is 0. The fraction of sp³-hybridized carbons (Fsp3) is 0.308. The molecule has 0 aliphatic carbocycles. The minimum absolute atomic E-state index is 0.0478. The van der Waals surface area contributed by atoms with Gasteiger partial charge in [-0.1, -0.05) is 13.0 Å². The maximum absolute atomic E-state index is 11.9. The van der Waals surface area contributed by atoms with E-state index < -0.39 is 11.1 Å². The van der Waals surface area contributed by atoms with E-state index in [1.807, 2.05) is 6.92 Å². The zero-order valence-electron chi connectivity index (χ0n) is 11.0. The van der Waals surface area contributed by atoms with Crippen LogP contribution < -0.4 is 22.2 Å². The quantitative estimate of drug-likeness (QED) is 0.634. The van der Waals surface area contributed by atoms with Crippen molar-refractivity contribution >= 4 is 22.4 Å². The molecular weight excluding hydrogens is 260 g/mol. The van der Waals surface area contributed by atoms with Crippen molar-refractivity contribution in [3.63, 3.8) is 0 Å². The van der Waals surface area contributed by atoms with Gasteiger partial charge in [0.2, 0.25) is 5.91 Å². The largest absolute Gasteiger partial charge is 0.330 e. The Labute approximate surface area is 114 Å². The molecule has 5 N–H and O–H groups in total. The molecule has 0 radical (unpaired) electrons. The summed E-state index contributed by atoms with van der Waals surface area (Å²) in [5, 5.41) is 7.54. The molecule has 0 saturated heterocycles. The van der Waals surface area contributed by atoms with Crippen LogP contribution in [0.5, 0.6) is 0 Å². The summed E-state index contributed by atoms with van der Waals surface area (Å²) < 4.78 is 0. The molecule has 0 aliphatic rings. The molecular formula is C13H16N4O3. The Morgan fingerprint density at radius 2 is 2.00 bits per heavy atom. The van der Waals surface area contributed by atoms with E-state index in [9.17, 15) is 14.4 Å². The summed E-state index contributed by atoms with van der Waals surface area (Å²) in [6.45, 7) is 2.27. The Morgan fingerprint density at radius 1 is 1.30 bits per heavy atom. The first-order valence-electron chi connectivity index (χ1n) is 6.26. The van der Waals surface area contributed by atoms with Crippen molar-refractivity contribution in [2.75, 3.05) is 11.9 Å². The highest BCUT2D eigenvalue weighted by atomic mass is 16.2. The van der Waals surface area contributed by atoms with Gasteiger partial charge in [-0.15, -0.1) is 0 Å². The number of H-pyrrole nitrogens is 2. The Balaban J connectivity index is 2.41. The summed E-state index contributed by atoms with van der Waals surface area (Å²) in [5.74, 6) is -0.193. The molecule has 0 aliphatic heterocycles. The number of nitrogens with one attached hydrogen (secondary N) is 3. The molecule has 1 aromatic carbocycles. The van der Waals surface area contributed by atoms with Crippen molar-refractivity contribution in [3.8, 4) is 0 Å². The number of hydrogen-bond donors (Lipinski definition) is 4. The number of aromatic nitrogens is 2. The van der Waals surface area contributed by atoms with Crippen LogP contribution in [0.2, 0.25) is 0 Å². The van der Waals surface area contributed by atoms with Crippen LogP contribution in [-0.4, -0.2) is 22.6 Å². The highest BCUT2D eigenvalue weighted by molar-refractivity contribution is 6.01. The van der Waals surface area contributed by atoms with Crippen LogP contribution in [0, 0.1) is 5.92 Å². The van der Waals surface area contributed by atoms with Crippen LogP contribution in [0.15, 0.2) is 27.8 Å². The lowest BCUT2D eigenvalue weighted by atomic mass is 10.1. The number of nitrogens with two attached hydrogens (primary N) is 1. The Morgan fingerprint density at radius 3 is 2.70 bits per heavy atom. The molecule has 1 aromatic heterocycles. The third kappa shape index (κ3) is 2.77. The first-order chi connectivity index (χ1) is 9.52. The van der Waals surface area contributed by atoms with Crippen LogP contribution in [0.3, 0.4) is 0 Å². The SMILES string of the molecule is CC(CN)CC(=O)Nc1cccc2c(=O)[nH][nH]c(=O)c12. The normalized spacial score (nSPS) is 12.3. The standard InChI is InChI=1S/C13H16N4O3/c1-7(6-14)5-10(18)15-9-4-2-3-8-11(9)13(20)17-16-12(8)19/h2-4,7H,5-6,14H2,1H3,(H,15,18)(H,16,19)(H,17,20). The summed E-state index contributed by atoms with van der Waals surface area (Å²) in [5.41, 5.74) is 4.92. The van der Waals surface area contributed by atoms with Gasteiger partial charge >= 0.3 is 0 Å². The third-order valence-corrected chi connectivity index (χ3v) is 3.04. The molecule has 2 rings (SSSR count). The van der Waals surface area contributed by atoms with Gasteiger partial charge in [0.05, 0.1) is 16.5 Å². The number of rotatable bonds is 4. The molecule has 0 bridgehead atoms. The van der Waals surface area contributed by atoms with E-state index in [-0.39, 0.29) is 29.0 Å². The predicted molar refractivity (Wildman–Crippen MR) is 76.7 cm³/mol. The second-order valence-corrected chi connectivity index (χ2v) is 4.73. The van der Waals surface area contributed by atoms with E-state index in [2.05, 4.69) is 15.5 Å². The highest BCUT2D eigenvalue weighted by Crippen LogP contribution is 2.17.